The Morgan fingerprint density at radius 3 is 1.42 bits per heavy atom. The van der Waals surface area contributed by atoms with Gasteiger partial charge in [0.1, 0.15) is 22.8 Å². The van der Waals surface area contributed by atoms with Crippen molar-refractivity contribution in [1.29, 1.82) is 0 Å². The monoisotopic (exact) mass is 703 g/mol. The van der Waals surface area contributed by atoms with Crippen LogP contribution in [0.1, 0.15) is 66.1 Å². The van der Waals surface area contributed by atoms with Crippen LogP contribution in [-0.2, 0) is 0 Å². The number of carbonyl (C=O) groups excluding carboxylic acids is 2. The minimum Gasteiger partial charge on any atom is -0.354 e. The normalized spacial score (nSPS) is 11.4. The highest BCUT2D eigenvalue weighted by Gasteiger charge is 2.28. The van der Waals surface area contributed by atoms with Crippen LogP contribution in [0.2, 0.25) is 10.0 Å². The van der Waals surface area contributed by atoms with E-state index >= 15 is 0 Å². The summed E-state index contributed by atoms with van der Waals surface area (Å²) >= 11 is 12.1. The molecule has 2 N–H and O–H groups in total. The molecule has 3 aromatic carbocycles. The molecule has 6 aromatic rings. The van der Waals surface area contributed by atoms with Gasteiger partial charge in [0.2, 0.25) is 0 Å². The molecule has 250 valence electrons. The zero-order valence-corrected chi connectivity index (χ0v) is 29.1. The van der Waals surface area contributed by atoms with Crippen molar-refractivity contribution in [3.63, 3.8) is 0 Å². The van der Waals surface area contributed by atoms with E-state index in [1.807, 2.05) is 66.7 Å². The van der Waals surface area contributed by atoms with Crippen molar-refractivity contribution in [3.8, 4) is 11.1 Å². The first-order valence-corrected chi connectivity index (χ1v) is 16.3. The number of hydrogen-bond acceptors (Lipinski definition) is 7. The summed E-state index contributed by atoms with van der Waals surface area (Å²) in [4.78, 5) is 33.2. The number of amides is 2. The van der Waals surface area contributed by atoms with E-state index in [-0.39, 0.29) is 11.1 Å². The van der Waals surface area contributed by atoms with Crippen LogP contribution in [0.5, 0.6) is 0 Å². The van der Waals surface area contributed by atoms with Crippen molar-refractivity contribution < 1.29 is 18.6 Å². The maximum Gasteiger partial charge on any atom is 0.258 e. The Morgan fingerprint density at radius 2 is 1.00 bits per heavy atom. The van der Waals surface area contributed by atoms with Gasteiger partial charge in [-0.15, -0.1) is 0 Å². The smallest absolute Gasteiger partial charge is 0.258 e. The Morgan fingerprint density at radius 1 is 0.580 bits per heavy atom. The van der Waals surface area contributed by atoms with E-state index in [9.17, 15) is 9.59 Å². The lowest BCUT2D eigenvalue weighted by Crippen LogP contribution is -2.22. The third-order valence-corrected chi connectivity index (χ3v) is 8.43. The lowest BCUT2D eigenvalue weighted by molar-refractivity contribution is 0.102. The first-order chi connectivity index (χ1) is 24.1. The topological polar surface area (TPSA) is 123 Å². The molecule has 0 aliphatic rings. The number of carbonyl (C=O) groups is 2. The summed E-state index contributed by atoms with van der Waals surface area (Å²) < 4.78 is 11.1. The highest BCUT2D eigenvalue weighted by atomic mass is 35.5. The van der Waals surface area contributed by atoms with E-state index in [0.717, 1.165) is 11.1 Å². The molecule has 50 heavy (non-hydrogen) atoms. The van der Waals surface area contributed by atoms with Gasteiger partial charge in [0.15, 0.2) is 11.5 Å². The van der Waals surface area contributed by atoms with E-state index in [1.54, 1.807) is 64.1 Å². The molecule has 0 saturated heterocycles. The van der Waals surface area contributed by atoms with E-state index in [2.05, 4.69) is 25.9 Å². The predicted octanol–water partition coefficient (Wildman–Crippen LogP) is 10.1. The van der Waals surface area contributed by atoms with Crippen LogP contribution in [0.25, 0.3) is 35.4 Å². The minimum absolute atomic E-state index is 0.227. The van der Waals surface area contributed by atoms with Crippen molar-refractivity contribution >= 4 is 70.7 Å². The van der Waals surface area contributed by atoms with Gasteiger partial charge in [0, 0.05) is 15.6 Å². The first-order valence-electron chi connectivity index (χ1n) is 15.6. The fraction of sp³-hybridized carbons (Fsp3) is 0.103. The van der Waals surface area contributed by atoms with Crippen molar-refractivity contribution in [1.82, 2.24) is 15.3 Å². The fourth-order valence-electron chi connectivity index (χ4n) is 5.45. The number of halogens is 2. The zero-order chi connectivity index (χ0) is 35.4. The molecular formula is C39H31Cl2N5O4. The van der Waals surface area contributed by atoms with E-state index in [1.165, 1.54) is 0 Å². The number of aryl methyl sites for hydroxylation is 4. The number of rotatable bonds is 9. The number of pyridine rings is 1. The van der Waals surface area contributed by atoms with Gasteiger partial charge in [-0.25, -0.2) is 0 Å². The number of anilines is 2. The van der Waals surface area contributed by atoms with Crippen LogP contribution in [0, 0.1) is 27.7 Å². The van der Waals surface area contributed by atoms with Gasteiger partial charge in [-0.2, -0.15) is 0 Å². The van der Waals surface area contributed by atoms with Crippen molar-refractivity contribution in [2.24, 2.45) is 0 Å². The summed E-state index contributed by atoms with van der Waals surface area (Å²) in [6.07, 6.45) is 7.09. The average Bonchev–Trinajstić information content (AvgIpc) is 3.63. The molecule has 6 rings (SSSR count). The molecule has 3 heterocycles. The number of aromatic nitrogens is 3. The summed E-state index contributed by atoms with van der Waals surface area (Å²) in [7, 11) is 0. The first kappa shape index (κ1) is 34.1. The summed E-state index contributed by atoms with van der Waals surface area (Å²) in [5, 5.41) is 15.4. The highest BCUT2D eigenvalue weighted by Crippen LogP contribution is 2.34. The van der Waals surface area contributed by atoms with Gasteiger partial charge < -0.3 is 19.7 Å². The second-order valence-corrected chi connectivity index (χ2v) is 12.3. The van der Waals surface area contributed by atoms with Gasteiger partial charge in [-0.3, -0.25) is 14.6 Å². The van der Waals surface area contributed by atoms with Crippen LogP contribution in [0.15, 0.2) is 87.9 Å². The molecule has 0 spiro atoms. The number of nitrogens with one attached hydrogen (secondary N) is 2. The van der Waals surface area contributed by atoms with Gasteiger partial charge in [-0.05, 0) is 80.8 Å². The Labute approximate surface area is 298 Å². The third kappa shape index (κ3) is 7.44. The maximum atomic E-state index is 14.3. The number of benzene rings is 3. The second-order valence-electron chi connectivity index (χ2n) is 11.5. The van der Waals surface area contributed by atoms with Crippen LogP contribution in [0.3, 0.4) is 0 Å². The van der Waals surface area contributed by atoms with Crippen LogP contribution < -0.4 is 10.6 Å². The Hall–Kier alpha value is -5.77. The van der Waals surface area contributed by atoms with Crippen LogP contribution in [-0.4, -0.2) is 27.1 Å². The molecule has 9 nitrogen and oxygen atoms in total. The molecule has 3 aromatic heterocycles. The summed E-state index contributed by atoms with van der Waals surface area (Å²) in [5.41, 5.74) is 5.92. The molecule has 0 saturated carbocycles. The van der Waals surface area contributed by atoms with Crippen molar-refractivity contribution in [2.75, 3.05) is 10.6 Å². The highest BCUT2D eigenvalue weighted by molar-refractivity contribution is 6.30. The maximum absolute atomic E-state index is 14.3. The number of hydrogen-bond donors (Lipinski definition) is 2. The van der Waals surface area contributed by atoms with Crippen molar-refractivity contribution in [2.45, 2.75) is 27.7 Å². The molecule has 0 atom stereocenters. The van der Waals surface area contributed by atoms with Gasteiger partial charge in [0.25, 0.3) is 11.8 Å². The summed E-state index contributed by atoms with van der Waals surface area (Å²) in [6, 6.07) is 23.8. The fourth-order valence-corrected chi connectivity index (χ4v) is 5.70. The van der Waals surface area contributed by atoms with E-state index in [0.29, 0.717) is 66.8 Å². The molecule has 2 amide bonds. The molecule has 0 aliphatic heterocycles. The SMILES string of the molecule is Cc1noc(/C=C/c2ccc(Cl)cc2)c1NC(=O)c1c(C)nc(C)c(C(=O)Nc2c(C)noc2/C=C/c2ccc(Cl)cc2)c1-c1ccccc1. The standard InChI is InChI=1S/C39H31Cl2N5O4/c1-22-33(38(47)43-36-24(3)45-49-31(36)20-14-26-10-16-29(40)17-11-26)35(28-8-6-5-7-9-28)34(23(2)42-22)39(48)44-37-25(4)46-50-32(37)21-15-27-12-18-30(41)19-13-27/h5-21H,1-4H3,(H,43,47)(H,44,48)/b20-14+,21-15+. The average molecular weight is 705 g/mol. The minimum atomic E-state index is -0.483. The predicted molar refractivity (Wildman–Crippen MR) is 198 cm³/mol. The largest absolute Gasteiger partial charge is 0.354 e. The van der Waals surface area contributed by atoms with Gasteiger partial charge in [-0.1, -0.05) is 100 Å². The number of nitrogens with zero attached hydrogens (tertiary/aromatic N) is 3. The molecule has 11 heteroatoms. The van der Waals surface area contributed by atoms with E-state index in [4.69, 9.17) is 32.2 Å². The molecule has 0 radical (unpaired) electrons. The van der Waals surface area contributed by atoms with E-state index < -0.39 is 11.8 Å². The molecule has 0 aliphatic carbocycles. The lowest BCUT2D eigenvalue weighted by Gasteiger charge is -2.19. The van der Waals surface area contributed by atoms with Crippen LogP contribution in [0.4, 0.5) is 11.4 Å². The summed E-state index contributed by atoms with van der Waals surface area (Å²) in [6.45, 7) is 6.94. The molecule has 0 bridgehead atoms. The Balaban J connectivity index is 1.37. The zero-order valence-electron chi connectivity index (χ0n) is 27.5. The van der Waals surface area contributed by atoms with Gasteiger partial charge in [0.05, 0.1) is 22.5 Å². The van der Waals surface area contributed by atoms with Crippen LogP contribution >= 0.6 is 23.2 Å². The third-order valence-electron chi connectivity index (χ3n) is 7.93. The van der Waals surface area contributed by atoms with Gasteiger partial charge >= 0.3 is 0 Å². The molecule has 0 fully saturated rings. The second kappa shape index (κ2) is 14.8. The van der Waals surface area contributed by atoms with Crippen molar-refractivity contribution in [3.05, 3.63) is 145 Å². The molecule has 0 unspecified atom stereocenters. The lowest BCUT2D eigenvalue weighted by atomic mass is 9.91. The quantitative estimate of drug-likeness (QED) is 0.154. The Kier molecular flexibility index (Phi) is 10.1. The summed E-state index contributed by atoms with van der Waals surface area (Å²) in [5.74, 6) is -0.263. The molecular weight excluding hydrogens is 673 g/mol. The Bertz CT molecular complexity index is 2120.